The predicted octanol–water partition coefficient (Wildman–Crippen LogP) is 1.45. The molecule has 1 aliphatic heterocycles. The molecule has 0 unspecified atom stereocenters. The maximum Gasteiger partial charge on any atom is 0.291 e. The zero-order chi connectivity index (χ0) is 16.5. The van der Waals surface area contributed by atoms with Crippen LogP contribution in [-0.2, 0) is 9.47 Å². The van der Waals surface area contributed by atoms with Gasteiger partial charge < -0.3 is 9.47 Å². The monoisotopic (exact) mass is 319 g/mol. The molecule has 0 atom stereocenters. The Bertz CT molecular complexity index is 522. The van der Waals surface area contributed by atoms with Gasteiger partial charge in [0.15, 0.2) is 0 Å². The van der Waals surface area contributed by atoms with E-state index in [2.05, 4.69) is 15.2 Å². The summed E-state index contributed by atoms with van der Waals surface area (Å²) in [6.07, 6.45) is 0. The number of amides is 1. The van der Waals surface area contributed by atoms with Crippen molar-refractivity contribution in [2.24, 2.45) is 4.99 Å². The lowest BCUT2D eigenvalue weighted by Crippen LogP contribution is -2.38. The predicted molar refractivity (Wildman–Crippen MR) is 89.8 cm³/mol. The summed E-state index contributed by atoms with van der Waals surface area (Å²) in [5.74, 6) is -0.205. The van der Waals surface area contributed by atoms with Crippen LogP contribution in [0.25, 0.3) is 0 Å². The molecule has 1 aliphatic rings. The number of ether oxygens (including phenoxy) is 2. The Balaban J connectivity index is 1.87. The van der Waals surface area contributed by atoms with Gasteiger partial charge in [-0.25, -0.2) is 4.99 Å². The Labute approximate surface area is 137 Å². The van der Waals surface area contributed by atoms with Crippen molar-refractivity contribution in [3.63, 3.8) is 0 Å². The van der Waals surface area contributed by atoms with E-state index in [9.17, 15) is 4.79 Å². The van der Waals surface area contributed by atoms with Crippen LogP contribution in [0.2, 0.25) is 0 Å². The van der Waals surface area contributed by atoms with E-state index in [4.69, 9.17) is 9.47 Å². The summed E-state index contributed by atoms with van der Waals surface area (Å²) in [7, 11) is 0. The fraction of sp³-hybridized carbons (Fsp3) is 0.529. The summed E-state index contributed by atoms with van der Waals surface area (Å²) in [6, 6.07) is 7.69. The van der Waals surface area contributed by atoms with Crippen molar-refractivity contribution in [1.29, 1.82) is 0 Å². The summed E-state index contributed by atoms with van der Waals surface area (Å²) < 4.78 is 10.7. The molecule has 0 bridgehead atoms. The Hall–Kier alpha value is -1.92. The van der Waals surface area contributed by atoms with Crippen LogP contribution in [0.1, 0.15) is 22.8 Å². The number of carbonyl (C=O) groups is 1. The van der Waals surface area contributed by atoms with E-state index in [1.165, 1.54) is 0 Å². The molecule has 1 amide bonds. The topological polar surface area (TPSA) is 63.2 Å². The molecule has 2 rings (SSSR count). The van der Waals surface area contributed by atoms with Gasteiger partial charge in [-0.3, -0.25) is 15.0 Å². The van der Waals surface area contributed by atoms with Gasteiger partial charge in [-0.1, -0.05) is 17.7 Å². The summed E-state index contributed by atoms with van der Waals surface area (Å²) >= 11 is 0. The van der Waals surface area contributed by atoms with Gasteiger partial charge in [0.1, 0.15) is 0 Å². The minimum Gasteiger partial charge on any atom is -0.465 e. The first-order valence-electron chi connectivity index (χ1n) is 8.04. The van der Waals surface area contributed by atoms with E-state index in [1.807, 2.05) is 26.0 Å². The SMILES string of the molecule is CCOC(=NCCN1CCOCC1)NC(=O)c1ccc(C)cc1. The molecule has 1 saturated heterocycles. The highest BCUT2D eigenvalue weighted by atomic mass is 16.5. The van der Waals surface area contributed by atoms with Gasteiger partial charge >= 0.3 is 0 Å². The van der Waals surface area contributed by atoms with Crippen molar-refractivity contribution < 1.29 is 14.3 Å². The first kappa shape index (κ1) is 17.4. The molecule has 23 heavy (non-hydrogen) atoms. The van der Waals surface area contributed by atoms with Gasteiger partial charge in [-0.15, -0.1) is 0 Å². The lowest BCUT2D eigenvalue weighted by Gasteiger charge is -2.25. The molecule has 0 aliphatic carbocycles. The number of nitrogens with one attached hydrogen (secondary N) is 1. The van der Waals surface area contributed by atoms with E-state index < -0.39 is 0 Å². The van der Waals surface area contributed by atoms with Gasteiger partial charge in [0.25, 0.3) is 11.9 Å². The Morgan fingerprint density at radius 3 is 2.65 bits per heavy atom. The standard InChI is InChI=1S/C17H25N3O3/c1-3-23-17(18-8-9-20-10-12-22-13-11-20)19-16(21)15-6-4-14(2)5-7-15/h4-7H,3,8-13H2,1-2H3,(H,18,19,21). The summed E-state index contributed by atoms with van der Waals surface area (Å²) in [5, 5.41) is 2.74. The zero-order valence-corrected chi connectivity index (χ0v) is 13.9. The van der Waals surface area contributed by atoms with Gasteiger partial charge in [-0.2, -0.15) is 0 Å². The van der Waals surface area contributed by atoms with Crippen LogP contribution < -0.4 is 5.32 Å². The molecule has 6 heteroatoms. The Morgan fingerprint density at radius 1 is 1.30 bits per heavy atom. The number of aryl methyl sites for hydroxylation is 1. The number of carbonyl (C=O) groups excluding carboxylic acids is 1. The van der Waals surface area contributed by atoms with Crippen LogP contribution in [0.5, 0.6) is 0 Å². The van der Waals surface area contributed by atoms with Crippen molar-refractivity contribution in [2.75, 3.05) is 46.0 Å². The molecule has 1 N–H and O–H groups in total. The molecule has 6 nitrogen and oxygen atoms in total. The minimum absolute atomic E-state index is 0.205. The van der Waals surface area contributed by atoms with Crippen LogP contribution in [0.15, 0.2) is 29.3 Å². The number of rotatable bonds is 5. The first-order valence-corrected chi connectivity index (χ1v) is 8.04. The van der Waals surface area contributed by atoms with Crippen molar-refractivity contribution in [1.82, 2.24) is 10.2 Å². The third kappa shape index (κ3) is 6.00. The fourth-order valence-corrected chi connectivity index (χ4v) is 2.25. The van der Waals surface area contributed by atoms with Crippen molar-refractivity contribution in [2.45, 2.75) is 13.8 Å². The zero-order valence-electron chi connectivity index (χ0n) is 13.9. The number of benzene rings is 1. The fourth-order valence-electron chi connectivity index (χ4n) is 2.25. The highest BCUT2D eigenvalue weighted by Crippen LogP contribution is 2.03. The molecule has 0 aromatic heterocycles. The highest BCUT2D eigenvalue weighted by molar-refractivity contribution is 6.04. The molecular weight excluding hydrogens is 294 g/mol. The van der Waals surface area contributed by atoms with Crippen molar-refractivity contribution in [3.05, 3.63) is 35.4 Å². The second-order valence-corrected chi connectivity index (χ2v) is 5.39. The molecule has 1 aromatic carbocycles. The highest BCUT2D eigenvalue weighted by Gasteiger charge is 2.11. The van der Waals surface area contributed by atoms with Crippen LogP contribution in [0, 0.1) is 6.92 Å². The molecule has 1 heterocycles. The van der Waals surface area contributed by atoms with E-state index >= 15 is 0 Å². The normalized spacial score (nSPS) is 16.2. The molecule has 0 saturated carbocycles. The number of aliphatic imine (C=N–C) groups is 1. The van der Waals surface area contributed by atoms with Crippen LogP contribution in [0.4, 0.5) is 0 Å². The van der Waals surface area contributed by atoms with E-state index in [-0.39, 0.29) is 11.9 Å². The smallest absolute Gasteiger partial charge is 0.291 e. The molecule has 0 radical (unpaired) electrons. The quantitative estimate of drug-likeness (QED) is 0.659. The van der Waals surface area contributed by atoms with E-state index in [0.717, 1.165) is 38.4 Å². The van der Waals surface area contributed by atoms with Gasteiger partial charge in [0.05, 0.1) is 26.4 Å². The molecule has 126 valence electrons. The number of amidine groups is 1. The average Bonchev–Trinajstić information content (AvgIpc) is 2.56. The maximum absolute atomic E-state index is 12.2. The molecular formula is C17H25N3O3. The third-order valence-electron chi connectivity index (χ3n) is 3.59. The van der Waals surface area contributed by atoms with Crippen molar-refractivity contribution in [3.8, 4) is 0 Å². The molecule has 1 aromatic rings. The van der Waals surface area contributed by atoms with Crippen molar-refractivity contribution >= 4 is 11.9 Å². The number of hydrogen-bond acceptors (Lipinski definition) is 5. The van der Waals surface area contributed by atoms with Gasteiger partial charge in [0, 0.05) is 25.2 Å². The second kappa shape index (κ2) is 9.27. The number of morpholine rings is 1. The summed E-state index contributed by atoms with van der Waals surface area (Å²) in [4.78, 5) is 18.9. The van der Waals surface area contributed by atoms with Crippen LogP contribution >= 0.6 is 0 Å². The third-order valence-corrected chi connectivity index (χ3v) is 3.59. The van der Waals surface area contributed by atoms with Gasteiger partial charge in [0.2, 0.25) is 0 Å². The summed E-state index contributed by atoms with van der Waals surface area (Å²) in [5.41, 5.74) is 1.71. The number of nitrogens with zero attached hydrogens (tertiary/aromatic N) is 2. The Kier molecular flexibility index (Phi) is 7.03. The first-order chi connectivity index (χ1) is 11.2. The molecule has 1 fully saturated rings. The van der Waals surface area contributed by atoms with Crippen LogP contribution in [0.3, 0.4) is 0 Å². The van der Waals surface area contributed by atoms with Crippen LogP contribution in [-0.4, -0.2) is 62.8 Å². The maximum atomic E-state index is 12.2. The summed E-state index contributed by atoms with van der Waals surface area (Å²) in [6.45, 7) is 9.13. The Morgan fingerprint density at radius 2 is 2.00 bits per heavy atom. The van der Waals surface area contributed by atoms with Gasteiger partial charge in [-0.05, 0) is 26.0 Å². The average molecular weight is 319 g/mol. The largest absolute Gasteiger partial charge is 0.465 e. The van der Waals surface area contributed by atoms with E-state index in [0.29, 0.717) is 18.7 Å². The van der Waals surface area contributed by atoms with E-state index in [1.54, 1.807) is 12.1 Å². The second-order valence-electron chi connectivity index (χ2n) is 5.39. The molecule has 0 spiro atoms. The number of hydrogen-bond donors (Lipinski definition) is 1. The lowest BCUT2D eigenvalue weighted by atomic mass is 10.1. The lowest BCUT2D eigenvalue weighted by molar-refractivity contribution is 0.0394. The minimum atomic E-state index is -0.205.